The molecular formula is C11H8FN3O4. The van der Waals surface area contributed by atoms with Gasteiger partial charge in [0, 0.05) is 0 Å². The molecule has 0 aromatic heterocycles. The van der Waals surface area contributed by atoms with Crippen LogP contribution in [0.4, 0.5) is 10.1 Å². The topological polar surface area (TPSA) is 108 Å². The smallest absolute Gasteiger partial charge is 0.337 e. The molecule has 2 rings (SSSR count). The lowest BCUT2D eigenvalue weighted by molar-refractivity contribution is -0.119. The van der Waals surface area contributed by atoms with Crippen molar-refractivity contribution in [3.05, 3.63) is 29.6 Å². The van der Waals surface area contributed by atoms with E-state index in [1.54, 1.807) is 0 Å². The number of carbonyl (C=O) groups is 3. The summed E-state index contributed by atoms with van der Waals surface area (Å²) in [4.78, 5) is 33.5. The maximum absolute atomic E-state index is 12.9. The second kappa shape index (κ2) is 4.84. The first-order chi connectivity index (χ1) is 8.97. The van der Waals surface area contributed by atoms with Crippen LogP contribution >= 0.6 is 0 Å². The van der Waals surface area contributed by atoms with Gasteiger partial charge < -0.3 is 10.4 Å². The molecule has 1 aliphatic heterocycles. The maximum atomic E-state index is 12.9. The summed E-state index contributed by atoms with van der Waals surface area (Å²) < 4.78 is 12.9. The lowest BCUT2D eigenvalue weighted by Gasteiger charge is -2.07. The fourth-order valence-electron chi connectivity index (χ4n) is 1.49. The molecule has 2 amide bonds. The average molecular weight is 265 g/mol. The molecule has 1 heterocycles. The molecular weight excluding hydrogens is 257 g/mol. The molecule has 0 aliphatic carbocycles. The van der Waals surface area contributed by atoms with Gasteiger partial charge in [0.05, 0.1) is 17.7 Å². The highest BCUT2D eigenvalue weighted by Gasteiger charge is 2.23. The number of hydrogen-bond donors (Lipinski definition) is 3. The van der Waals surface area contributed by atoms with Crippen LogP contribution in [0, 0.1) is 5.82 Å². The van der Waals surface area contributed by atoms with E-state index in [0.717, 1.165) is 18.2 Å². The molecule has 1 aromatic carbocycles. The molecule has 1 aliphatic rings. The van der Waals surface area contributed by atoms with Crippen molar-refractivity contribution < 1.29 is 23.9 Å². The molecule has 0 radical (unpaired) electrons. The third kappa shape index (κ3) is 2.73. The van der Waals surface area contributed by atoms with Crippen LogP contribution in [0.5, 0.6) is 0 Å². The van der Waals surface area contributed by atoms with E-state index in [-0.39, 0.29) is 23.4 Å². The Morgan fingerprint density at radius 2 is 2.16 bits per heavy atom. The number of carboxylic acids is 1. The van der Waals surface area contributed by atoms with E-state index in [4.69, 9.17) is 5.11 Å². The zero-order valence-corrected chi connectivity index (χ0v) is 9.44. The highest BCUT2D eigenvalue weighted by Crippen LogP contribution is 2.17. The first-order valence-corrected chi connectivity index (χ1v) is 5.17. The molecule has 3 N–H and O–H groups in total. The predicted molar refractivity (Wildman–Crippen MR) is 62.2 cm³/mol. The van der Waals surface area contributed by atoms with Gasteiger partial charge in [-0.15, -0.1) is 0 Å². The summed E-state index contributed by atoms with van der Waals surface area (Å²) >= 11 is 0. The Morgan fingerprint density at radius 1 is 1.42 bits per heavy atom. The van der Waals surface area contributed by atoms with Gasteiger partial charge >= 0.3 is 5.97 Å². The van der Waals surface area contributed by atoms with Crippen LogP contribution in [0.2, 0.25) is 0 Å². The summed E-state index contributed by atoms with van der Waals surface area (Å²) in [7, 11) is 0. The van der Waals surface area contributed by atoms with E-state index >= 15 is 0 Å². The standard InChI is InChI=1S/C11H8FN3O4/c12-5-1-2-7(6(3-5)11(18)19)13-10(17)8-4-9(16)15-14-8/h1-3H,4H2,(H,13,17)(H,15,16)(H,18,19). The molecule has 0 bridgehead atoms. The highest BCUT2D eigenvalue weighted by molar-refractivity contribution is 6.46. The molecule has 1 aromatic rings. The number of halogens is 1. The zero-order chi connectivity index (χ0) is 14.0. The summed E-state index contributed by atoms with van der Waals surface area (Å²) in [6.45, 7) is 0. The number of carbonyl (C=O) groups excluding carboxylic acids is 2. The number of benzene rings is 1. The van der Waals surface area contributed by atoms with Crippen LogP contribution < -0.4 is 10.7 Å². The van der Waals surface area contributed by atoms with Gasteiger partial charge in [-0.25, -0.2) is 14.6 Å². The third-order valence-electron chi connectivity index (χ3n) is 2.37. The lowest BCUT2D eigenvalue weighted by Crippen LogP contribution is -2.23. The molecule has 0 saturated heterocycles. The number of carboxylic acid groups (broad SMARTS) is 1. The van der Waals surface area contributed by atoms with Crippen molar-refractivity contribution in [1.82, 2.24) is 5.43 Å². The first kappa shape index (κ1) is 12.7. The van der Waals surface area contributed by atoms with Crippen LogP contribution in [-0.2, 0) is 9.59 Å². The fourth-order valence-corrected chi connectivity index (χ4v) is 1.49. The van der Waals surface area contributed by atoms with Crippen molar-refractivity contribution in [2.75, 3.05) is 5.32 Å². The largest absolute Gasteiger partial charge is 0.478 e. The molecule has 7 nitrogen and oxygen atoms in total. The molecule has 0 spiro atoms. The Hall–Kier alpha value is -2.77. The van der Waals surface area contributed by atoms with Gasteiger partial charge in [-0.3, -0.25) is 9.59 Å². The van der Waals surface area contributed by atoms with Crippen molar-refractivity contribution in [3.63, 3.8) is 0 Å². The number of nitrogens with one attached hydrogen (secondary N) is 2. The normalized spacial score (nSPS) is 13.7. The number of anilines is 1. The second-order valence-corrected chi connectivity index (χ2v) is 3.72. The van der Waals surface area contributed by atoms with Crippen molar-refractivity contribution >= 4 is 29.2 Å². The van der Waals surface area contributed by atoms with E-state index in [9.17, 15) is 18.8 Å². The number of hydrogen-bond acceptors (Lipinski definition) is 4. The van der Waals surface area contributed by atoms with E-state index in [2.05, 4.69) is 15.8 Å². The summed E-state index contributed by atoms with van der Waals surface area (Å²) in [5, 5.41) is 14.7. The van der Waals surface area contributed by atoms with Crippen LogP contribution in [-0.4, -0.2) is 28.6 Å². The minimum Gasteiger partial charge on any atom is -0.478 e. The summed E-state index contributed by atoms with van der Waals surface area (Å²) in [5.74, 6) is -3.25. The molecule has 0 unspecified atom stereocenters. The molecule has 0 atom stereocenters. The molecule has 98 valence electrons. The minimum atomic E-state index is -1.38. The number of rotatable bonds is 3. The molecule has 19 heavy (non-hydrogen) atoms. The maximum Gasteiger partial charge on any atom is 0.337 e. The summed E-state index contributed by atoms with van der Waals surface area (Å²) in [5.41, 5.74) is 1.58. The Labute approximate surface area is 106 Å². The summed E-state index contributed by atoms with van der Waals surface area (Å²) in [6.07, 6.45) is -0.185. The van der Waals surface area contributed by atoms with Crippen molar-refractivity contribution in [2.45, 2.75) is 6.42 Å². The van der Waals surface area contributed by atoms with Crippen LogP contribution in [0.1, 0.15) is 16.8 Å². The Balaban J connectivity index is 2.22. The van der Waals surface area contributed by atoms with Crippen molar-refractivity contribution in [3.8, 4) is 0 Å². The average Bonchev–Trinajstić information content (AvgIpc) is 2.78. The lowest BCUT2D eigenvalue weighted by atomic mass is 10.1. The first-order valence-electron chi connectivity index (χ1n) is 5.17. The van der Waals surface area contributed by atoms with Gasteiger partial charge in [0.15, 0.2) is 0 Å². The van der Waals surface area contributed by atoms with Gasteiger partial charge in [0.2, 0.25) is 5.91 Å². The van der Waals surface area contributed by atoms with E-state index in [1.807, 2.05) is 0 Å². The highest BCUT2D eigenvalue weighted by atomic mass is 19.1. The zero-order valence-electron chi connectivity index (χ0n) is 9.44. The van der Waals surface area contributed by atoms with Gasteiger partial charge in [-0.05, 0) is 18.2 Å². The fraction of sp³-hybridized carbons (Fsp3) is 0.0909. The van der Waals surface area contributed by atoms with Gasteiger partial charge in [0.1, 0.15) is 11.5 Å². The van der Waals surface area contributed by atoms with Crippen LogP contribution in [0.25, 0.3) is 0 Å². The van der Waals surface area contributed by atoms with Crippen molar-refractivity contribution in [1.29, 1.82) is 0 Å². The number of nitrogens with zero attached hydrogens (tertiary/aromatic N) is 1. The van der Waals surface area contributed by atoms with Crippen LogP contribution in [0.15, 0.2) is 23.3 Å². The summed E-state index contributed by atoms with van der Waals surface area (Å²) in [6, 6.07) is 2.93. The van der Waals surface area contributed by atoms with E-state index in [0.29, 0.717) is 0 Å². The second-order valence-electron chi connectivity index (χ2n) is 3.72. The predicted octanol–water partition coefficient (Wildman–Crippen LogP) is 0.338. The van der Waals surface area contributed by atoms with E-state index < -0.39 is 23.6 Å². The number of amides is 2. The van der Waals surface area contributed by atoms with Crippen molar-refractivity contribution in [2.24, 2.45) is 5.10 Å². The minimum absolute atomic E-state index is 0.0642. The molecule has 8 heteroatoms. The third-order valence-corrected chi connectivity index (χ3v) is 2.37. The number of hydrazone groups is 1. The molecule has 0 saturated carbocycles. The van der Waals surface area contributed by atoms with Gasteiger partial charge in [0.25, 0.3) is 5.91 Å². The Bertz CT molecular complexity index is 612. The van der Waals surface area contributed by atoms with Gasteiger partial charge in [-0.2, -0.15) is 5.10 Å². The van der Waals surface area contributed by atoms with Gasteiger partial charge in [-0.1, -0.05) is 0 Å². The van der Waals surface area contributed by atoms with Crippen LogP contribution in [0.3, 0.4) is 0 Å². The Morgan fingerprint density at radius 3 is 2.74 bits per heavy atom. The number of aromatic carboxylic acids is 1. The monoisotopic (exact) mass is 265 g/mol. The quantitative estimate of drug-likeness (QED) is 0.732. The van der Waals surface area contributed by atoms with E-state index in [1.165, 1.54) is 0 Å². The SMILES string of the molecule is O=C1CC(C(=O)Nc2ccc(F)cc2C(=O)O)=NN1. The molecule has 0 fully saturated rings. The Kier molecular flexibility index (Phi) is 3.23.